The summed E-state index contributed by atoms with van der Waals surface area (Å²) in [6.45, 7) is 4.49. The normalized spacial score (nSPS) is 10.8. The zero-order chi connectivity index (χ0) is 20.2. The van der Waals surface area contributed by atoms with Crippen LogP contribution < -0.4 is 15.4 Å². The first-order chi connectivity index (χ1) is 14.1. The van der Waals surface area contributed by atoms with Crippen LogP contribution in [-0.4, -0.2) is 27.5 Å². The summed E-state index contributed by atoms with van der Waals surface area (Å²) in [4.78, 5) is 25.7. The molecular formula is C20H19N5O2S2. The lowest BCUT2D eigenvalue weighted by atomic mass is 10.3. The van der Waals surface area contributed by atoms with E-state index in [1.54, 1.807) is 0 Å². The summed E-state index contributed by atoms with van der Waals surface area (Å²) in [5.41, 5.74) is 2.46. The van der Waals surface area contributed by atoms with Gasteiger partial charge in [-0.3, -0.25) is 4.79 Å². The van der Waals surface area contributed by atoms with E-state index in [1.165, 1.54) is 22.7 Å². The van der Waals surface area contributed by atoms with Crippen LogP contribution in [0.5, 0.6) is 5.75 Å². The molecule has 4 aromatic rings. The summed E-state index contributed by atoms with van der Waals surface area (Å²) in [6.07, 6.45) is 0.180. The van der Waals surface area contributed by atoms with E-state index in [-0.39, 0.29) is 12.3 Å². The molecule has 0 bridgehead atoms. The van der Waals surface area contributed by atoms with Gasteiger partial charge in [0.05, 0.1) is 28.9 Å². The van der Waals surface area contributed by atoms with Crippen LogP contribution in [0.25, 0.3) is 10.2 Å². The number of thiazole rings is 2. The van der Waals surface area contributed by atoms with Crippen molar-refractivity contribution in [3.8, 4) is 5.75 Å². The van der Waals surface area contributed by atoms with Gasteiger partial charge < -0.3 is 15.4 Å². The van der Waals surface area contributed by atoms with Crippen LogP contribution in [0, 0.1) is 6.92 Å². The molecule has 4 rings (SSSR count). The van der Waals surface area contributed by atoms with E-state index in [1.807, 2.05) is 55.6 Å². The second kappa shape index (κ2) is 8.54. The van der Waals surface area contributed by atoms with Gasteiger partial charge in [0.25, 0.3) is 0 Å². The van der Waals surface area contributed by atoms with Crippen molar-refractivity contribution in [1.29, 1.82) is 0 Å². The minimum Gasteiger partial charge on any atom is -0.494 e. The average Bonchev–Trinajstić information content (AvgIpc) is 3.27. The van der Waals surface area contributed by atoms with Gasteiger partial charge in [0.15, 0.2) is 10.3 Å². The van der Waals surface area contributed by atoms with Gasteiger partial charge in [-0.25, -0.2) is 15.0 Å². The summed E-state index contributed by atoms with van der Waals surface area (Å²) in [5, 5.41) is 9.16. The van der Waals surface area contributed by atoms with Crippen LogP contribution >= 0.6 is 22.7 Å². The van der Waals surface area contributed by atoms with E-state index < -0.39 is 0 Å². The number of rotatable bonds is 7. The lowest BCUT2D eigenvalue weighted by Crippen LogP contribution is -2.14. The van der Waals surface area contributed by atoms with Crippen LogP contribution in [-0.2, 0) is 11.2 Å². The molecule has 3 heterocycles. The van der Waals surface area contributed by atoms with Crippen LogP contribution in [0.1, 0.15) is 18.3 Å². The molecule has 3 aromatic heterocycles. The number of nitrogens with zero attached hydrogens (tertiary/aromatic N) is 3. The van der Waals surface area contributed by atoms with Crippen LogP contribution in [0.2, 0.25) is 0 Å². The molecule has 0 saturated carbocycles. The maximum Gasteiger partial charge on any atom is 0.232 e. The molecule has 0 unspecified atom stereocenters. The van der Waals surface area contributed by atoms with Crippen molar-refractivity contribution >= 4 is 54.9 Å². The highest BCUT2D eigenvalue weighted by Crippen LogP contribution is 2.29. The summed E-state index contributed by atoms with van der Waals surface area (Å²) in [5.74, 6) is 1.38. The highest BCUT2D eigenvalue weighted by Gasteiger charge is 2.12. The number of carbonyl (C=O) groups excluding carboxylic acids is 1. The minimum atomic E-state index is -0.153. The van der Waals surface area contributed by atoms with Crippen molar-refractivity contribution in [3.63, 3.8) is 0 Å². The van der Waals surface area contributed by atoms with Gasteiger partial charge in [-0.15, -0.1) is 11.3 Å². The maximum absolute atomic E-state index is 12.4. The molecule has 0 aliphatic rings. The summed E-state index contributed by atoms with van der Waals surface area (Å²) < 4.78 is 6.48. The van der Waals surface area contributed by atoms with E-state index in [0.29, 0.717) is 22.6 Å². The van der Waals surface area contributed by atoms with Crippen molar-refractivity contribution in [3.05, 3.63) is 53.2 Å². The number of ether oxygens (including phenoxy) is 1. The van der Waals surface area contributed by atoms with E-state index in [9.17, 15) is 4.79 Å². The fourth-order valence-electron chi connectivity index (χ4n) is 2.71. The van der Waals surface area contributed by atoms with E-state index >= 15 is 0 Å². The molecule has 0 spiro atoms. The van der Waals surface area contributed by atoms with Crippen molar-refractivity contribution in [1.82, 2.24) is 15.0 Å². The molecule has 0 fully saturated rings. The Kier molecular flexibility index (Phi) is 5.68. The van der Waals surface area contributed by atoms with Crippen molar-refractivity contribution in [2.75, 3.05) is 17.2 Å². The van der Waals surface area contributed by atoms with Gasteiger partial charge in [-0.1, -0.05) is 17.4 Å². The predicted octanol–water partition coefficient (Wildman–Crippen LogP) is 4.78. The van der Waals surface area contributed by atoms with Gasteiger partial charge in [0, 0.05) is 11.1 Å². The number of pyridine rings is 1. The number of anilines is 3. The fourth-order valence-corrected chi connectivity index (χ4v) is 4.34. The topological polar surface area (TPSA) is 89.0 Å². The maximum atomic E-state index is 12.4. The van der Waals surface area contributed by atoms with Crippen molar-refractivity contribution < 1.29 is 9.53 Å². The molecule has 148 valence electrons. The van der Waals surface area contributed by atoms with E-state index in [0.717, 1.165) is 27.5 Å². The fraction of sp³-hybridized carbons (Fsp3) is 0.200. The summed E-state index contributed by atoms with van der Waals surface area (Å²) in [6, 6.07) is 11.5. The molecule has 0 aliphatic carbocycles. The largest absolute Gasteiger partial charge is 0.494 e. The smallest absolute Gasteiger partial charge is 0.232 e. The highest BCUT2D eigenvalue weighted by molar-refractivity contribution is 7.22. The molecule has 2 N–H and O–H groups in total. The second-order valence-electron chi connectivity index (χ2n) is 6.24. The first-order valence-electron chi connectivity index (χ1n) is 9.07. The van der Waals surface area contributed by atoms with Crippen LogP contribution in [0.3, 0.4) is 0 Å². The number of aromatic nitrogens is 3. The molecule has 0 atom stereocenters. The van der Waals surface area contributed by atoms with Crippen molar-refractivity contribution in [2.24, 2.45) is 0 Å². The SMILES string of the molecule is CCOc1ccc2nc(NC(=O)Cc3csc(Nc4cccc(C)n4)n3)sc2c1. The number of benzene rings is 1. The molecular weight excluding hydrogens is 406 g/mol. The first-order valence-corrected chi connectivity index (χ1v) is 10.8. The Bertz CT molecular complexity index is 1150. The Labute approximate surface area is 175 Å². The Balaban J connectivity index is 1.38. The Morgan fingerprint density at radius 1 is 1.14 bits per heavy atom. The number of amides is 1. The minimum absolute atomic E-state index is 0.153. The third-order valence-corrected chi connectivity index (χ3v) is 5.67. The number of hydrogen-bond acceptors (Lipinski definition) is 8. The zero-order valence-electron chi connectivity index (χ0n) is 15.9. The quantitative estimate of drug-likeness (QED) is 0.443. The summed E-state index contributed by atoms with van der Waals surface area (Å²) in [7, 11) is 0. The molecule has 1 aromatic carbocycles. The molecule has 0 saturated heterocycles. The van der Waals surface area contributed by atoms with Crippen LogP contribution in [0.4, 0.5) is 16.1 Å². The Morgan fingerprint density at radius 2 is 2.03 bits per heavy atom. The third-order valence-electron chi connectivity index (χ3n) is 3.93. The summed E-state index contributed by atoms with van der Waals surface area (Å²) >= 11 is 2.86. The highest BCUT2D eigenvalue weighted by atomic mass is 32.1. The van der Waals surface area contributed by atoms with Gasteiger partial charge in [-0.05, 0) is 44.2 Å². The van der Waals surface area contributed by atoms with E-state index in [4.69, 9.17) is 4.74 Å². The van der Waals surface area contributed by atoms with Gasteiger partial charge in [-0.2, -0.15) is 0 Å². The van der Waals surface area contributed by atoms with Crippen molar-refractivity contribution in [2.45, 2.75) is 20.3 Å². The standard InChI is InChI=1S/C20H19N5O2S2/c1-3-27-14-7-8-15-16(10-14)29-20(23-15)25-18(26)9-13-11-28-19(22-13)24-17-6-4-5-12(2)21-17/h4-8,10-11H,3,9H2,1-2H3,(H,21,22,24)(H,23,25,26). The molecule has 29 heavy (non-hydrogen) atoms. The molecule has 7 nitrogen and oxygen atoms in total. The van der Waals surface area contributed by atoms with Gasteiger partial charge in [0.1, 0.15) is 11.6 Å². The zero-order valence-corrected chi connectivity index (χ0v) is 17.6. The Morgan fingerprint density at radius 3 is 2.86 bits per heavy atom. The average molecular weight is 426 g/mol. The first kappa shape index (κ1) is 19.3. The number of carbonyl (C=O) groups is 1. The lowest BCUT2D eigenvalue weighted by molar-refractivity contribution is -0.115. The monoisotopic (exact) mass is 425 g/mol. The molecule has 0 aliphatic heterocycles. The molecule has 9 heteroatoms. The number of hydrogen-bond donors (Lipinski definition) is 2. The van der Waals surface area contributed by atoms with Gasteiger partial charge >= 0.3 is 0 Å². The molecule has 1 amide bonds. The van der Waals surface area contributed by atoms with E-state index in [2.05, 4.69) is 25.6 Å². The Hall–Kier alpha value is -3.04. The number of aryl methyl sites for hydroxylation is 1. The second-order valence-corrected chi connectivity index (χ2v) is 8.13. The third kappa shape index (κ3) is 4.87. The number of fused-ring (bicyclic) bond motifs is 1. The lowest BCUT2D eigenvalue weighted by Gasteiger charge is -2.02. The predicted molar refractivity (Wildman–Crippen MR) is 117 cm³/mol. The van der Waals surface area contributed by atoms with Gasteiger partial charge in [0.2, 0.25) is 5.91 Å². The molecule has 0 radical (unpaired) electrons. The van der Waals surface area contributed by atoms with Crippen LogP contribution in [0.15, 0.2) is 41.8 Å². The number of nitrogens with one attached hydrogen (secondary N) is 2.